The molecule has 1 atom stereocenters. The molecule has 0 aromatic heterocycles. The first-order chi connectivity index (χ1) is 11.2. The first kappa shape index (κ1) is 22.3. The summed E-state index contributed by atoms with van der Waals surface area (Å²) in [7, 11) is 0. The lowest BCUT2D eigenvalue weighted by atomic mass is 10.1. The third-order valence-corrected chi connectivity index (χ3v) is 5.83. The van der Waals surface area contributed by atoms with Gasteiger partial charge in [-0.25, -0.2) is 0 Å². The molecule has 1 unspecified atom stereocenters. The van der Waals surface area contributed by atoms with E-state index in [2.05, 4.69) is 27.4 Å². The van der Waals surface area contributed by atoms with Crippen LogP contribution in [-0.2, 0) is 0 Å². The Bertz CT molecular complexity index is 356. The second-order valence-electron chi connectivity index (χ2n) is 6.76. The Labute approximate surface area is 168 Å². The Morgan fingerprint density at radius 2 is 1.96 bits per heavy atom. The number of thioether (sulfide) groups is 1. The van der Waals surface area contributed by atoms with Gasteiger partial charge in [-0.15, -0.1) is 24.0 Å². The average Bonchev–Trinajstić information content (AvgIpc) is 2.82. The third kappa shape index (κ3) is 8.58. The van der Waals surface area contributed by atoms with E-state index in [1.807, 2.05) is 11.8 Å². The first-order valence-corrected chi connectivity index (χ1v) is 10.4. The molecule has 2 saturated heterocycles. The van der Waals surface area contributed by atoms with Gasteiger partial charge in [0.05, 0.1) is 12.1 Å². The summed E-state index contributed by atoms with van der Waals surface area (Å²) in [6, 6.07) is 0. The average molecular weight is 470 g/mol. The molecular weight excluding hydrogens is 435 g/mol. The second-order valence-corrected chi connectivity index (χ2v) is 7.86. The molecule has 0 spiro atoms. The molecule has 0 aliphatic carbocycles. The van der Waals surface area contributed by atoms with Crippen LogP contribution in [0.15, 0.2) is 4.99 Å². The summed E-state index contributed by atoms with van der Waals surface area (Å²) in [4.78, 5) is 7.18. The zero-order valence-corrected chi connectivity index (χ0v) is 18.2. The number of guanidine groups is 1. The number of nitrogens with zero attached hydrogens (tertiary/aromatic N) is 2. The lowest BCUT2D eigenvalue weighted by molar-refractivity contribution is 0.0778. The summed E-state index contributed by atoms with van der Waals surface area (Å²) >= 11 is 1.82. The van der Waals surface area contributed by atoms with Gasteiger partial charge in [-0.2, -0.15) is 11.8 Å². The van der Waals surface area contributed by atoms with E-state index in [9.17, 15) is 5.11 Å². The highest BCUT2D eigenvalue weighted by Gasteiger charge is 2.31. The smallest absolute Gasteiger partial charge is 0.191 e. The fourth-order valence-corrected chi connectivity index (χ4v) is 4.44. The van der Waals surface area contributed by atoms with Crippen LogP contribution in [0.3, 0.4) is 0 Å². The van der Waals surface area contributed by atoms with Crippen molar-refractivity contribution in [3.63, 3.8) is 0 Å². The molecule has 2 rings (SSSR count). The fraction of sp³-hybridized carbons (Fsp3) is 0.941. The SMILES string of the molecule is CCNC(=NCC1(O)CCSC1)NCCCN1CCCCCC1.I. The Kier molecular flexibility index (Phi) is 11.7. The molecule has 0 amide bonds. The van der Waals surface area contributed by atoms with Gasteiger partial charge in [-0.3, -0.25) is 4.99 Å². The van der Waals surface area contributed by atoms with Gasteiger partial charge in [0.1, 0.15) is 0 Å². The zero-order chi connectivity index (χ0) is 16.4. The Morgan fingerprint density at radius 1 is 1.21 bits per heavy atom. The molecule has 2 heterocycles. The monoisotopic (exact) mass is 470 g/mol. The number of aliphatic imine (C=N–C) groups is 1. The molecule has 3 N–H and O–H groups in total. The van der Waals surface area contributed by atoms with Crippen LogP contribution in [0.25, 0.3) is 0 Å². The van der Waals surface area contributed by atoms with Crippen LogP contribution in [0.2, 0.25) is 0 Å². The molecule has 0 saturated carbocycles. The van der Waals surface area contributed by atoms with Gasteiger partial charge < -0.3 is 20.6 Å². The minimum atomic E-state index is -0.598. The van der Waals surface area contributed by atoms with Crippen LogP contribution in [-0.4, -0.2) is 72.3 Å². The van der Waals surface area contributed by atoms with E-state index in [1.165, 1.54) is 45.3 Å². The summed E-state index contributed by atoms with van der Waals surface area (Å²) in [5.41, 5.74) is -0.598. The normalized spacial score (nSPS) is 25.8. The number of aliphatic hydroxyl groups is 1. The summed E-state index contributed by atoms with van der Waals surface area (Å²) in [6.07, 6.45) is 7.50. The molecule has 0 bridgehead atoms. The molecule has 2 aliphatic heterocycles. The van der Waals surface area contributed by atoms with Crippen LogP contribution in [0, 0.1) is 0 Å². The Hall–Kier alpha value is 0.270. The molecule has 2 aliphatic rings. The molecule has 0 radical (unpaired) electrons. The molecule has 0 aromatic rings. The van der Waals surface area contributed by atoms with E-state index in [1.54, 1.807) is 0 Å². The number of hydrogen-bond donors (Lipinski definition) is 3. The minimum absolute atomic E-state index is 0. The topological polar surface area (TPSA) is 59.9 Å². The van der Waals surface area contributed by atoms with E-state index in [0.717, 1.165) is 43.4 Å². The van der Waals surface area contributed by atoms with Gasteiger partial charge in [0.15, 0.2) is 5.96 Å². The lowest BCUT2D eigenvalue weighted by Crippen LogP contribution is -2.41. The van der Waals surface area contributed by atoms with Gasteiger partial charge in [-0.1, -0.05) is 12.8 Å². The van der Waals surface area contributed by atoms with Crippen molar-refractivity contribution in [3.8, 4) is 0 Å². The zero-order valence-electron chi connectivity index (χ0n) is 15.1. The maximum atomic E-state index is 10.4. The summed E-state index contributed by atoms with van der Waals surface area (Å²) < 4.78 is 0. The van der Waals surface area contributed by atoms with Crippen LogP contribution >= 0.6 is 35.7 Å². The van der Waals surface area contributed by atoms with Crippen molar-refractivity contribution in [1.29, 1.82) is 0 Å². The van der Waals surface area contributed by atoms with Gasteiger partial charge in [0, 0.05) is 18.8 Å². The van der Waals surface area contributed by atoms with Gasteiger partial charge >= 0.3 is 0 Å². The van der Waals surface area contributed by atoms with Crippen LogP contribution in [0.4, 0.5) is 0 Å². The minimum Gasteiger partial charge on any atom is -0.387 e. The molecule has 7 heteroatoms. The van der Waals surface area contributed by atoms with Gasteiger partial charge in [0.2, 0.25) is 0 Å². The van der Waals surface area contributed by atoms with Crippen LogP contribution in [0.5, 0.6) is 0 Å². The maximum absolute atomic E-state index is 10.4. The highest BCUT2D eigenvalue weighted by Crippen LogP contribution is 2.27. The molecule has 0 aromatic carbocycles. The summed E-state index contributed by atoms with van der Waals surface area (Å²) in [5, 5.41) is 17.1. The first-order valence-electron chi connectivity index (χ1n) is 9.26. The molecule has 24 heavy (non-hydrogen) atoms. The number of rotatable bonds is 7. The van der Waals surface area contributed by atoms with Gasteiger partial charge in [-0.05, 0) is 58.0 Å². The van der Waals surface area contributed by atoms with Crippen LogP contribution in [0.1, 0.15) is 45.4 Å². The number of hydrogen-bond acceptors (Lipinski definition) is 4. The van der Waals surface area contributed by atoms with Crippen molar-refractivity contribution in [2.24, 2.45) is 4.99 Å². The van der Waals surface area contributed by atoms with E-state index in [-0.39, 0.29) is 24.0 Å². The summed E-state index contributed by atoms with van der Waals surface area (Å²) in [5.74, 6) is 2.70. The third-order valence-electron chi connectivity index (χ3n) is 4.60. The predicted octanol–water partition coefficient (Wildman–Crippen LogP) is 2.29. The predicted molar refractivity (Wildman–Crippen MR) is 116 cm³/mol. The lowest BCUT2D eigenvalue weighted by Gasteiger charge is -2.21. The van der Waals surface area contributed by atoms with E-state index in [0.29, 0.717) is 6.54 Å². The van der Waals surface area contributed by atoms with Gasteiger partial charge in [0.25, 0.3) is 0 Å². The highest BCUT2D eigenvalue weighted by atomic mass is 127. The van der Waals surface area contributed by atoms with Crippen LogP contribution < -0.4 is 10.6 Å². The van der Waals surface area contributed by atoms with Crippen molar-refractivity contribution in [2.45, 2.75) is 51.0 Å². The summed E-state index contributed by atoms with van der Waals surface area (Å²) in [6.45, 7) is 8.07. The van der Waals surface area contributed by atoms with E-state index >= 15 is 0 Å². The molecule has 5 nitrogen and oxygen atoms in total. The fourth-order valence-electron chi connectivity index (χ4n) is 3.16. The molecule has 2 fully saturated rings. The van der Waals surface area contributed by atoms with Crippen molar-refractivity contribution in [1.82, 2.24) is 15.5 Å². The van der Waals surface area contributed by atoms with Crippen molar-refractivity contribution < 1.29 is 5.11 Å². The largest absolute Gasteiger partial charge is 0.387 e. The van der Waals surface area contributed by atoms with Crippen molar-refractivity contribution in [3.05, 3.63) is 0 Å². The number of halogens is 1. The second kappa shape index (κ2) is 12.6. The number of nitrogens with one attached hydrogen (secondary N) is 2. The molecular formula is C17H35IN4OS. The number of likely N-dealkylation sites (tertiary alicyclic amines) is 1. The standard InChI is InChI=1S/C17H34N4OS.HI/c1-2-18-16(20-14-17(22)8-13-23-15-17)19-9-7-12-21-10-5-3-4-6-11-21;/h22H,2-15H2,1H3,(H2,18,19,20);1H. The van der Waals surface area contributed by atoms with Crippen molar-refractivity contribution in [2.75, 3.05) is 50.8 Å². The quantitative estimate of drug-likeness (QED) is 0.231. The highest BCUT2D eigenvalue weighted by molar-refractivity contribution is 14.0. The Morgan fingerprint density at radius 3 is 2.58 bits per heavy atom. The maximum Gasteiger partial charge on any atom is 0.191 e. The molecule has 142 valence electrons. The van der Waals surface area contributed by atoms with E-state index in [4.69, 9.17) is 0 Å². The van der Waals surface area contributed by atoms with E-state index < -0.39 is 5.60 Å². The van der Waals surface area contributed by atoms with Crippen molar-refractivity contribution >= 4 is 41.7 Å². The Balaban J connectivity index is 0.00000288.